The standard InChI is InChI=1S/C13H22N2S/c1-10(9-16-4)15(3)13-7-5-12(6-8-13)11(2)14/h5-8,10-11H,9,14H2,1-4H3/t10?,11-/m0/s1. The summed E-state index contributed by atoms with van der Waals surface area (Å²) < 4.78 is 0. The number of nitrogens with zero attached hydrogens (tertiary/aromatic N) is 1. The van der Waals surface area contributed by atoms with Crippen LogP contribution in [0.15, 0.2) is 24.3 Å². The third kappa shape index (κ3) is 3.42. The van der Waals surface area contributed by atoms with Crippen LogP contribution in [0.4, 0.5) is 5.69 Å². The van der Waals surface area contributed by atoms with Crippen LogP contribution in [-0.2, 0) is 0 Å². The van der Waals surface area contributed by atoms with Crippen LogP contribution in [0.3, 0.4) is 0 Å². The van der Waals surface area contributed by atoms with E-state index < -0.39 is 0 Å². The molecule has 0 spiro atoms. The van der Waals surface area contributed by atoms with Crippen LogP contribution in [0.2, 0.25) is 0 Å². The van der Waals surface area contributed by atoms with Crippen molar-refractivity contribution in [3.63, 3.8) is 0 Å². The fourth-order valence-corrected chi connectivity index (χ4v) is 2.33. The lowest BCUT2D eigenvalue weighted by Gasteiger charge is -2.26. The van der Waals surface area contributed by atoms with Gasteiger partial charge in [-0.1, -0.05) is 12.1 Å². The molecular weight excluding hydrogens is 216 g/mol. The Labute approximate surface area is 103 Å². The van der Waals surface area contributed by atoms with E-state index in [-0.39, 0.29) is 6.04 Å². The Kier molecular flexibility index (Phi) is 5.16. The predicted octanol–water partition coefficient (Wildman–Crippen LogP) is 2.89. The molecule has 0 heterocycles. The normalized spacial score (nSPS) is 14.6. The van der Waals surface area contributed by atoms with Crippen molar-refractivity contribution in [1.29, 1.82) is 0 Å². The highest BCUT2D eigenvalue weighted by molar-refractivity contribution is 7.98. The van der Waals surface area contributed by atoms with Crippen LogP contribution in [0.25, 0.3) is 0 Å². The molecule has 1 aromatic carbocycles. The van der Waals surface area contributed by atoms with Crippen molar-refractivity contribution >= 4 is 17.4 Å². The van der Waals surface area contributed by atoms with Crippen molar-refractivity contribution in [3.8, 4) is 0 Å². The molecular formula is C13H22N2S. The summed E-state index contributed by atoms with van der Waals surface area (Å²) in [7, 11) is 2.14. The van der Waals surface area contributed by atoms with Crippen LogP contribution in [0, 0.1) is 0 Å². The molecule has 0 saturated heterocycles. The number of hydrogen-bond donors (Lipinski definition) is 1. The number of thioether (sulfide) groups is 1. The fourth-order valence-electron chi connectivity index (χ4n) is 1.62. The quantitative estimate of drug-likeness (QED) is 0.855. The van der Waals surface area contributed by atoms with Crippen molar-refractivity contribution in [2.45, 2.75) is 25.9 Å². The van der Waals surface area contributed by atoms with Crippen LogP contribution < -0.4 is 10.6 Å². The van der Waals surface area contributed by atoms with Gasteiger partial charge in [-0.15, -0.1) is 0 Å². The van der Waals surface area contributed by atoms with Crippen molar-refractivity contribution in [1.82, 2.24) is 0 Å². The summed E-state index contributed by atoms with van der Waals surface area (Å²) in [4.78, 5) is 2.31. The number of rotatable bonds is 5. The third-order valence-electron chi connectivity index (χ3n) is 2.90. The number of nitrogens with two attached hydrogens (primary N) is 1. The van der Waals surface area contributed by atoms with Gasteiger partial charge < -0.3 is 10.6 Å². The van der Waals surface area contributed by atoms with Gasteiger partial charge in [-0.3, -0.25) is 0 Å². The van der Waals surface area contributed by atoms with Crippen molar-refractivity contribution in [2.75, 3.05) is 24.0 Å². The summed E-state index contributed by atoms with van der Waals surface area (Å²) in [6.45, 7) is 4.25. The van der Waals surface area contributed by atoms with Crippen molar-refractivity contribution < 1.29 is 0 Å². The molecule has 2 atom stereocenters. The molecule has 2 N–H and O–H groups in total. The molecule has 2 nitrogen and oxygen atoms in total. The summed E-state index contributed by atoms with van der Waals surface area (Å²) in [6, 6.07) is 9.19. The van der Waals surface area contributed by atoms with E-state index in [1.165, 1.54) is 11.3 Å². The van der Waals surface area contributed by atoms with E-state index in [1.54, 1.807) is 0 Å². The summed E-state index contributed by atoms with van der Waals surface area (Å²) in [5, 5.41) is 0. The van der Waals surface area contributed by atoms with Gasteiger partial charge in [0.05, 0.1) is 0 Å². The van der Waals surface area contributed by atoms with Gasteiger partial charge in [0.2, 0.25) is 0 Å². The number of hydrogen-bond acceptors (Lipinski definition) is 3. The highest BCUT2D eigenvalue weighted by Gasteiger charge is 2.09. The van der Waals surface area contributed by atoms with E-state index in [0.717, 1.165) is 5.75 Å². The molecule has 0 radical (unpaired) electrons. The van der Waals surface area contributed by atoms with Gasteiger partial charge in [-0.05, 0) is 37.8 Å². The van der Waals surface area contributed by atoms with Crippen LogP contribution in [0.1, 0.15) is 25.5 Å². The minimum atomic E-state index is 0.114. The Bertz CT molecular complexity index is 308. The lowest BCUT2D eigenvalue weighted by atomic mass is 10.1. The molecule has 90 valence electrons. The highest BCUT2D eigenvalue weighted by Crippen LogP contribution is 2.19. The zero-order valence-corrected chi connectivity index (χ0v) is 11.4. The molecule has 3 heteroatoms. The molecule has 0 aliphatic rings. The molecule has 1 rings (SSSR count). The average molecular weight is 238 g/mol. The lowest BCUT2D eigenvalue weighted by molar-refractivity contribution is 0.763. The highest BCUT2D eigenvalue weighted by atomic mass is 32.2. The molecule has 1 unspecified atom stereocenters. The largest absolute Gasteiger partial charge is 0.371 e. The maximum absolute atomic E-state index is 5.83. The van der Waals surface area contributed by atoms with Crippen LogP contribution >= 0.6 is 11.8 Å². The van der Waals surface area contributed by atoms with Crippen LogP contribution in [-0.4, -0.2) is 25.1 Å². The molecule has 16 heavy (non-hydrogen) atoms. The first-order valence-electron chi connectivity index (χ1n) is 5.63. The Morgan fingerprint density at radius 2 is 1.81 bits per heavy atom. The number of anilines is 1. The van der Waals surface area contributed by atoms with Gasteiger partial charge in [0, 0.05) is 30.6 Å². The molecule has 0 fully saturated rings. The van der Waals surface area contributed by atoms with Gasteiger partial charge in [0.1, 0.15) is 0 Å². The first kappa shape index (κ1) is 13.4. The maximum atomic E-state index is 5.83. The van der Waals surface area contributed by atoms with Gasteiger partial charge >= 0.3 is 0 Å². The molecule has 0 aliphatic carbocycles. The monoisotopic (exact) mass is 238 g/mol. The summed E-state index contributed by atoms with van der Waals surface area (Å²) in [5.74, 6) is 1.14. The van der Waals surface area contributed by atoms with E-state index >= 15 is 0 Å². The minimum Gasteiger partial charge on any atom is -0.371 e. The van der Waals surface area contributed by atoms with Crippen molar-refractivity contribution in [2.24, 2.45) is 5.73 Å². The van der Waals surface area contributed by atoms with Crippen LogP contribution in [0.5, 0.6) is 0 Å². The Morgan fingerprint density at radius 3 is 2.25 bits per heavy atom. The zero-order chi connectivity index (χ0) is 12.1. The second-order valence-corrected chi connectivity index (χ2v) is 5.21. The zero-order valence-electron chi connectivity index (χ0n) is 10.6. The number of benzene rings is 1. The third-order valence-corrected chi connectivity index (χ3v) is 3.71. The molecule has 0 aliphatic heterocycles. The van der Waals surface area contributed by atoms with E-state index in [2.05, 4.69) is 49.4 Å². The molecule has 0 aromatic heterocycles. The van der Waals surface area contributed by atoms with E-state index in [1.807, 2.05) is 18.7 Å². The van der Waals surface area contributed by atoms with E-state index in [4.69, 9.17) is 5.73 Å². The van der Waals surface area contributed by atoms with Gasteiger partial charge in [-0.25, -0.2) is 0 Å². The van der Waals surface area contributed by atoms with Crippen molar-refractivity contribution in [3.05, 3.63) is 29.8 Å². The molecule has 0 saturated carbocycles. The molecule has 0 bridgehead atoms. The summed E-state index contributed by atoms with van der Waals surface area (Å²) in [5.41, 5.74) is 8.28. The topological polar surface area (TPSA) is 29.3 Å². The van der Waals surface area contributed by atoms with Gasteiger partial charge in [0.25, 0.3) is 0 Å². The van der Waals surface area contributed by atoms with E-state index in [0.29, 0.717) is 6.04 Å². The minimum absolute atomic E-state index is 0.114. The smallest absolute Gasteiger partial charge is 0.0366 e. The Morgan fingerprint density at radius 1 is 1.25 bits per heavy atom. The molecule has 1 aromatic rings. The fraction of sp³-hybridized carbons (Fsp3) is 0.538. The second-order valence-electron chi connectivity index (χ2n) is 4.30. The Hall–Kier alpha value is -0.670. The molecule has 0 amide bonds. The lowest BCUT2D eigenvalue weighted by Crippen LogP contribution is -2.30. The van der Waals surface area contributed by atoms with Gasteiger partial charge in [0.15, 0.2) is 0 Å². The van der Waals surface area contributed by atoms with E-state index in [9.17, 15) is 0 Å². The SMILES string of the molecule is CSCC(C)N(C)c1ccc([C@H](C)N)cc1. The average Bonchev–Trinajstić information content (AvgIpc) is 2.28. The Balaban J connectivity index is 2.73. The van der Waals surface area contributed by atoms with Gasteiger partial charge in [-0.2, -0.15) is 11.8 Å². The summed E-state index contributed by atoms with van der Waals surface area (Å²) >= 11 is 1.88. The summed E-state index contributed by atoms with van der Waals surface area (Å²) in [6.07, 6.45) is 2.14. The first-order valence-corrected chi connectivity index (χ1v) is 7.03. The predicted molar refractivity (Wildman–Crippen MR) is 75.3 cm³/mol. The first-order chi connectivity index (χ1) is 7.56. The maximum Gasteiger partial charge on any atom is 0.0366 e. The second kappa shape index (κ2) is 6.16.